The molecule has 3 nitrogen and oxygen atoms in total. The smallest absolute Gasteiger partial charge is 0.109 e. The van der Waals surface area contributed by atoms with Crippen LogP contribution in [0.4, 0.5) is 0 Å². The second-order valence-corrected chi connectivity index (χ2v) is 2.38. The Kier molecular flexibility index (Phi) is 5.46. The van der Waals surface area contributed by atoms with Crippen LogP contribution < -0.4 is 0 Å². The predicted octanol–water partition coefficient (Wildman–Crippen LogP) is 1.45. The molecule has 0 aromatic heterocycles. The van der Waals surface area contributed by atoms with Gasteiger partial charge in [-0.3, -0.25) is 0 Å². The van der Waals surface area contributed by atoms with Gasteiger partial charge >= 0.3 is 0 Å². The van der Waals surface area contributed by atoms with Gasteiger partial charge in [0.25, 0.3) is 0 Å². The molecule has 1 radical (unpaired) electrons. The van der Waals surface area contributed by atoms with Gasteiger partial charge in [0.2, 0.25) is 0 Å². The molecule has 0 N–H and O–H groups in total. The topological polar surface area (TPSA) is 21.7 Å². The normalized spacial score (nSPS) is 16.9. The summed E-state index contributed by atoms with van der Waals surface area (Å²) in [6.45, 7) is 7.89. The number of nitrogens with zero attached hydrogens (tertiary/aromatic N) is 1. The van der Waals surface area contributed by atoms with E-state index in [0.717, 1.165) is 0 Å². The van der Waals surface area contributed by atoms with Crippen LogP contribution in [0.2, 0.25) is 0 Å². The van der Waals surface area contributed by atoms with Crippen LogP contribution >= 0.6 is 0 Å². The summed E-state index contributed by atoms with van der Waals surface area (Å²) in [5, 5.41) is 0. The van der Waals surface area contributed by atoms with Crippen molar-refractivity contribution in [3.05, 3.63) is 6.54 Å². The summed E-state index contributed by atoms with van der Waals surface area (Å²) < 4.78 is 10.3. The highest BCUT2D eigenvalue weighted by Gasteiger charge is 2.16. The van der Waals surface area contributed by atoms with E-state index in [1.807, 2.05) is 32.2 Å². The van der Waals surface area contributed by atoms with Crippen molar-refractivity contribution in [3.8, 4) is 0 Å². The van der Waals surface area contributed by atoms with Gasteiger partial charge in [-0.05, 0) is 20.8 Å². The maximum Gasteiger partial charge on any atom is 0.109 e. The Morgan fingerprint density at radius 1 is 1.09 bits per heavy atom. The summed E-state index contributed by atoms with van der Waals surface area (Å²) in [5.74, 6) is 0. The molecule has 2 atom stereocenters. The molecule has 0 spiro atoms. The van der Waals surface area contributed by atoms with E-state index < -0.39 is 0 Å². The SMILES string of the molecule is C[CH]N(C(C)OC)C(C)OC. The van der Waals surface area contributed by atoms with E-state index in [1.165, 1.54) is 0 Å². The molecule has 0 saturated heterocycles. The van der Waals surface area contributed by atoms with Gasteiger partial charge in [-0.15, -0.1) is 0 Å². The van der Waals surface area contributed by atoms with Crippen molar-refractivity contribution in [2.75, 3.05) is 14.2 Å². The minimum Gasteiger partial charge on any atom is -0.367 e. The molecule has 2 unspecified atom stereocenters. The Bertz CT molecular complexity index is 88.1. The third kappa shape index (κ3) is 3.18. The second kappa shape index (κ2) is 5.52. The van der Waals surface area contributed by atoms with Gasteiger partial charge in [-0.2, -0.15) is 0 Å². The minimum absolute atomic E-state index is 0.0648. The molecular weight excluding hydrogens is 142 g/mol. The van der Waals surface area contributed by atoms with Crippen molar-refractivity contribution < 1.29 is 9.47 Å². The van der Waals surface area contributed by atoms with Gasteiger partial charge in [0.1, 0.15) is 12.5 Å². The fourth-order valence-corrected chi connectivity index (χ4v) is 0.959. The molecule has 0 aliphatic carbocycles. The second-order valence-electron chi connectivity index (χ2n) is 2.38. The molecule has 0 aromatic carbocycles. The summed E-state index contributed by atoms with van der Waals surface area (Å²) in [7, 11) is 3.37. The largest absolute Gasteiger partial charge is 0.367 e. The lowest BCUT2D eigenvalue weighted by molar-refractivity contribution is -0.0990. The molecule has 0 bridgehead atoms. The number of ether oxygens (including phenoxy) is 2. The highest BCUT2D eigenvalue weighted by Crippen LogP contribution is 2.08. The highest BCUT2D eigenvalue weighted by atomic mass is 16.5. The lowest BCUT2D eigenvalue weighted by atomic mass is 10.4. The quantitative estimate of drug-likeness (QED) is 0.568. The van der Waals surface area contributed by atoms with E-state index in [1.54, 1.807) is 14.2 Å². The van der Waals surface area contributed by atoms with Gasteiger partial charge in [-0.1, -0.05) is 0 Å². The zero-order valence-electron chi connectivity index (χ0n) is 8.00. The fraction of sp³-hybridized carbons (Fsp3) is 0.875. The molecule has 11 heavy (non-hydrogen) atoms. The van der Waals surface area contributed by atoms with Crippen LogP contribution in [0.3, 0.4) is 0 Å². The van der Waals surface area contributed by atoms with Gasteiger partial charge in [0.05, 0.1) is 0 Å². The lowest BCUT2D eigenvalue weighted by Crippen LogP contribution is -2.39. The summed E-state index contributed by atoms with van der Waals surface area (Å²) in [4.78, 5) is 2.00. The van der Waals surface area contributed by atoms with Crippen molar-refractivity contribution in [2.24, 2.45) is 0 Å². The van der Waals surface area contributed by atoms with Crippen molar-refractivity contribution in [2.45, 2.75) is 33.2 Å². The van der Waals surface area contributed by atoms with E-state index in [0.29, 0.717) is 0 Å². The Hall–Kier alpha value is -0.120. The van der Waals surface area contributed by atoms with E-state index >= 15 is 0 Å². The predicted molar refractivity (Wildman–Crippen MR) is 44.8 cm³/mol. The van der Waals surface area contributed by atoms with Gasteiger partial charge in [0.15, 0.2) is 0 Å². The average molecular weight is 160 g/mol. The van der Waals surface area contributed by atoms with E-state index in [2.05, 4.69) is 0 Å². The Balaban J connectivity index is 3.92. The van der Waals surface area contributed by atoms with Crippen molar-refractivity contribution >= 4 is 0 Å². The number of methoxy groups -OCH3 is 2. The van der Waals surface area contributed by atoms with Crippen LogP contribution in [0, 0.1) is 6.54 Å². The monoisotopic (exact) mass is 160 g/mol. The molecule has 0 aliphatic heterocycles. The summed E-state index contributed by atoms with van der Waals surface area (Å²) >= 11 is 0. The van der Waals surface area contributed by atoms with E-state index in [9.17, 15) is 0 Å². The molecule has 0 heterocycles. The van der Waals surface area contributed by atoms with Gasteiger partial charge in [0, 0.05) is 20.8 Å². The number of hydrogen-bond acceptors (Lipinski definition) is 3. The number of rotatable bonds is 5. The first-order valence-electron chi connectivity index (χ1n) is 3.79. The average Bonchev–Trinajstić information content (AvgIpc) is 2.05. The molecule has 3 heteroatoms. The molecule has 0 rings (SSSR count). The Morgan fingerprint density at radius 2 is 1.45 bits per heavy atom. The molecule has 0 aromatic rings. The highest BCUT2D eigenvalue weighted by molar-refractivity contribution is 4.66. The van der Waals surface area contributed by atoms with Crippen molar-refractivity contribution in [3.63, 3.8) is 0 Å². The van der Waals surface area contributed by atoms with Crippen LogP contribution in [-0.4, -0.2) is 31.6 Å². The zero-order valence-corrected chi connectivity index (χ0v) is 8.00. The molecular formula is C8H18NO2. The molecule has 0 saturated carbocycles. The maximum absolute atomic E-state index is 5.14. The third-order valence-electron chi connectivity index (χ3n) is 1.82. The molecule has 0 amide bonds. The van der Waals surface area contributed by atoms with Gasteiger partial charge < -0.3 is 9.47 Å². The first-order chi connectivity index (χ1) is 5.17. The van der Waals surface area contributed by atoms with Gasteiger partial charge in [-0.25, -0.2) is 4.90 Å². The van der Waals surface area contributed by atoms with Crippen LogP contribution in [-0.2, 0) is 9.47 Å². The standard InChI is InChI=1S/C8H18NO2/c1-6-9(7(2)10-4)8(3)11-5/h6-8H,1-5H3. The maximum atomic E-state index is 5.14. The molecule has 0 aliphatic rings. The number of hydrogen-bond donors (Lipinski definition) is 0. The van der Waals surface area contributed by atoms with Crippen LogP contribution in [0.5, 0.6) is 0 Å². The molecule has 0 fully saturated rings. The lowest BCUT2D eigenvalue weighted by Gasteiger charge is -2.30. The molecule has 67 valence electrons. The Morgan fingerprint density at radius 3 is 1.64 bits per heavy atom. The van der Waals surface area contributed by atoms with Crippen molar-refractivity contribution in [1.82, 2.24) is 4.90 Å². The third-order valence-corrected chi connectivity index (χ3v) is 1.82. The fourth-order valence-electron chi connectivity index (χ4n) is 0.959. The zero-order chi connectivity index (χ0) is 8.85. The van der Waals surface area contributed by atoms with Crippen LogP contribution in [0.1, 0.15) is 20.8 Å². The summed E-state index contributed by atoms with van der Waals surface area (Å²) in [6, 6.07) is 0. The summed E-state index contributed by atoms with van der Waals surface area (Å²) in [5.41, 5.74) is 0. The summed E-state index contributed by atoms with van der Waals surface area (Å²) in [6.07, 6.45) is 0.130. The first-order valence-corrected chi connectivity index (χ1v) is 3.79. The van der Waals surface area contributed by atoms with Crippen molar-refractivity contribution in [1.29, 1.82) is 0 Å². The van der Waals surface area contributed by atoms with Crippen LogP contribution in [0.15, 0.2) is 0 Å². The van der Waals surface area contributed by atoms with Crippen LogP contribution in [0.25, 0.3) is 0 Å². The van der Waals surface area contributed by atoms with E-state index in [4.69, 9.17) is 9.47 Å². The minimum atomic E-state index is 0.0648. The first kappa shape index (κ1) is 10.9. The van der Waals surface area contributed by atoms with E-state index in [-0.39, 0.29) is 12.5 Å². The Labute approximate surface area is 69.3 Å².